The van der Waals surface area contributed by atoms with Crippen LogP contribution < -0.4 is 9.64 Å². The molecule has 2 aromatic rings. The third-order valence-corrected chi connectivity index (χ3v) is 6.48. The van der Waals surface area contributed by atoms with Crippen LogP contribution in [0.25, 0.3) is 0 Å². The third kappa shape index (κ3) is 3.76. The van der Waals surface area contributed by atoms with Crippen molar-refractivity contribution < 1.29 is 13.2 Å². The second-order valence-electron chi connectivity index (χ2n) is 6.02. The quantitative estimate of drug-likeness (QED) is 0.817. The number of halogens is 1. The van der Waals surface area contributed by atoms with Crippen LogP contribution in [0.15, 0.2) is 47.4 Å². The van der Waals surface area contributed by atoms with Crippen LogP contribution in [0, 0.1) is 6.92 Å². The van der Waals surface area contributed by atoms with E-state index in [1.807, 2.05) is 25.1 Å². The Hall–Kier alpha value is -1.76. The number of methoxy groups -OCH3 is 1. The van der Waals surface area contributed by atoms with Gasteiger partial charge in [0.15, 0.2) is 0 Å². The Morgan fingerprint density at radius 1 is 1.04 bits per heavy atom. The number of nitrogens with zero attached hydrogens (tertiary/aromatic N) is 2. The normalized spacial score (nSPS) is 16.0. The molecule has 0 atom stereocenters. The molecule has 0 saturated carbocycles. The Labute approximate surface area is 153 Å². The fourth-order valence-corrected chi connectivity index (χ4v) is 4.70. The molecule has 0 N–H and O–H groups in total. The van der Waals surface area contributed by atoms with E-state index in [0.717, 1.165) is 17.0 Å². The minimum Gasteiger partial charge on any atom is -0.495 e. The van der Waals surface area contributed by atoms with E-state index in [2.05, 4.69) is 4.90 Å². The first kappa shape index (κ1) is 18.0. The van der Waals surface area contributed by atoms with Crippen LogP contribution >= 0.6 is 11.6 Å². The van der Waals surface area contributed by atoms with Crippen LogP contribution in [0.4, 0.5) is 5.69 Å². The highest BCUT2D eigenvalue weighted by Gasteiger charge is 2.29. The van der Waals surface area contributed by atoms with Gasteiger partial charge in [-0.3, -0.25) is 0 Å². The molecule has 3 rings (SSSR count). The Morgan fingerprint density at radius 3 is 2.40 bits per heavy atom. The summed E-state index contributed by atoms with van der Waals surface area (Å²) in [5.74, 6) is 0.736. The summed E-state index contributed by atoms with van der Waals surface area (Å²) in [6, 6.07) is 12.5. The van der Waals surface area contributed by atoms with Crippen LogP contribution in [-0.4, -0.2) is 46.0 Å². The molecule has 25 heavy (non-hydrogen) atoms. The zero-order valence-corrected chi connectivity index (χ0v) is 15.8. The van der Waals surface area contributed by atoms with E-state index in [1.54, 1.807) is 31.4 Å². The molecule has 0 unspecified atom stereocenters. The SMILES string of the molecule is COc1ccc(Cl)cc1N1CCN(S(=O)(=O)c2cccc(C)c2)CC1. The second-order valence-corrected chi connectivity index (χ2v) is 8.40. The van der Waals surface area contributed by atoms with Crippen molar-refractivity contribution in [1.29, 1.82) is 0 Å². The van der Waals surface area contributed by atoms with Gasteiger partial charge < -0.3 is 9.64 Å². The number of anilines is 1. The molecule has 0 amide bonds. The molecule has 0 aliphatic carbocycles. The lowest BCUT2D eigenvalue weighted by molar-refractivity contribution is 0.378. The number of aryl methyl sites for hydroxylation is 1. The van der Waals surface area contributed by atoms with Crippen LogP contribution in [-0.2, 0) is 10.0 Å². The fourth-order valence-electron chi connectivity index (χ4n) is 3.00. The average molecular weight is 381 g/mol. The maximum atomic E-state index is 12.8. The molecular weight excluding hydrogens is 360 g/mol. The number of sulfonamides is 1. The zero-order chi connectivity index (χ0) is 18.0. The van der Waals surface area contributed by atoms with Crippen LogP contribution in [0.3, 0.4) is 0 Å². The van der Waals surface area contributed by atoms with Crippen molar-refractivity contribution in [3.63, 3.8) is 0 Å². The molecule has 0 bridgehead atoms. The number of ether oxygens (including phenoxy) is 1. The van der Waals surface area contributed by atoms with Crippen LogP contribution in [0.2, 0.25) is 5.02 Å². The highest BCUT2D eigenvalue weighted by molar-refractivity contribution is 7.89. The summed E-state index contributed by atoms with van der Waals surface area (Å²) >= 11 is 6.10. The number of rotatable bonds is 4. The summed E-state index contributed by atoms with van der Waals surface area (Å²) < 4.78 is 32.6. The average Bonchev–Trinajstić information content (AvgIpc) is 2.62. The fraction of sp³-hybridized carbons (Fsp3) is 0.333. The first-order valence-electron chi connectivity index (χ1n) is 8.07. The first-order valence-corrected chi connectivity index (χ1v) is 9.89. The van der Waals surface area contributed by atoms with Crippen molar-refractivity contribution in [1.82, 2.24) is 4.31 Å². The van der Waals surface area contributed by atoms with Gasteiger partial charge in [-0.25, -0.2) is 8.42 Å². The highest BCUT2D eigenvalue weighted by atomic mass is 35.5. The van der Waals surface area contributed by atoms with E-state index in [-0.39, 0.29) is 0 Å². The van der Waals surface area contributed by atoms with Crippen molar-refractivity contribution in [2.45, 2.75) is 11.8 Å². The molecule has 134 valence electrons. The molecule has 0 radical (unpaired) electrons. The molecule has 1 aliphatic heterocycles. The maximum Gasteiger partial charge on any atom is 0.243 e. The molecule has 1 saturated heterocycles. The standard InChI is InChI=1S/C18H21ClN2O3S/c1-14-4-3-5-16(12-14)25(22,23)21-10-8-20(9-11-21)17-13-15(19)6-7-18(17)24-2/h3-7,12-13H,8-11H2,1-2H3. The number of benzene rings is 2. The molecule has 0 spiro atoms. The molecule has 5 nitrogen and oxygen atoms in total. The van der Waals surface area contributed by atoms with E-state index in [4.69, 9.17) is 16.3 Å². The van der Waals surface area contributed by atoms with Gasteiger partial charge in [-0.2, -0.15) is 4.31 Å². The summed E-state index contributed by atoms with van der Waals surface area (Å²) in [4.78, 5) is 2.45. The Balaban J connectivity index is 1.77. The Morgan fingerprint density at radius 2 is 1.76 bits per heavy atom. The first-order chi connectivity index (χ1) is 11.9. The van der Waals surface area contributed by atoms with Gasteiger partial charge >= 0.3 is 0 Å². The number of piperazine rings is 1. The largest absolute Gasteiger partial charge is 0.495 e. The molecular formula is C18H21ClN2O3S. The monoisotopic (exact) mass is 380 g/mol. The van der Waals surface area contributed by atoms with E-state index in [0.29, 0.717) is 36.1 Å². The maximum absolute atomic E-state index is 12.8. The molecule has 2 aromatic carbocycles. The molecule has 1 heterocycles. The summed E-state index contributed by atoms with van der Waals surface area (Å²) in [6.07, 6.45) is 0. The van der Waals surface area contributed by atoms with E-state index in [1.165, 1.54) is 4.31 Å². The topological polar surface area (TPSA) is 49.9 Å². The lowest BCUT2D eigenvalue weighted by Crippen LogP contribution is -2.48. The highest BCUT2D eigenvalue weighted by Crippen LogP contribution is 2.32. The zero-order valence-electron chi connectivity index (χ0n) is 14.3. The van der Waals surface area contributed by atoms with Crippen molar-refractivity contribution in [3.8, 4) is 5.75 Å². The predicted molar refractivity (Wildman–Crippen MR) is 100 cm³/mol. The van der Waals surface area contributed by atoms with Gasteiger partial charge in [0.2, 0.25) is 10.0 Å². The summed E-state index contributed by atoms with van der Waals surface area (Å²) in [6.45, 7) is 3.91. The lowest BCUT2D eigenvalue weighted by atomic mass is 10.2. The minimum absolute atomic E-state index is 0.348. The van der Waals surface area contributed by atoms with Crippen molar-refractivity contribution in [2.75, 3.05) is 38.2 Å². The predicted octanol–water partition coefficient (Wildman–Crippen LogP) is 3.17. The Kier molecular flexibility index (Phi) is 5.22. The van der Waals surface area contributed by atoms with Gasteiger partial charge in [-0.1, -0.05) is 23.7 Å². The molecule has 0 aromatic heterocycles. The molecule has 1 aliphatic rings. The van der Waals surface area contributed by atoms with E-state index >= 15 is 0 Å². The smallest absolute Gasteiger partial charge is 0.243 e. The summed E-state index contributed by atoms with van der Waals surface area (Å²) in [7, 11) is -1.85. The number of hydrogen-bond donors (Lipinski definition) is 0. The van der Waals surface area contributed by atoms with Gasteiger partial charge in [0.1, 0.15) is 5.75 Å². The van der Waals surface area contributed by atoms with Crippen LogP contribution in [0.5, 0.6) is 5.75 Å². The van der Waals surface area contributed by atoms with Crippen molar-refractivity contribution >= 4 is 27.3 Å². The summed E-state index contributed by atoms with van der Waals surface area (Å²) in [5.41, 5.74) is 1.82. The Bertz CT molecular complexity index is 862. The van der Waals surface area contributed by atoms with Gasteiger partial charge in [-0.05, 0) is 42.8 Å². The van der Waals surface area contributed by atoms with Crippen molar-refractivity contribution in [2.24, 2.45) is 0 Å². The minimum atomic E-state index is -3.46. The van der Waals surface area contributed by atoms with Crippen LogP contribution in [0.1, 0.15) is 5.56 Å². The molecule has 7 heteroatoms. The van der Waals surface area contributed by atoms with Gasteiger partial charge in [-0.15, -0.1) is 0 Å². The second kappa shape index (κ2) is 7.23. The van der Waals surface area contributed by atoms with Gasteiger partial charge in [0, 0.05) is 31.2 Å². The number of hydrogen-bond acceptors (Lipinski definition) is 4. The van der Waals surface area contributed by atoms with Gasteiger partial charge in [0.05, 0.1) is 17.7 Å². The third-order valence-electron chi connectivity index (χ3n) is 4.35. The lowest BCUT2D eigenvalue weighted by Gasteiger charge is -2.36. The van der Waals surface area contributed by atoms with E-state index < -0.39 is 10.0 Å². The molecule has 1 fully saturated rings. The summed E-state index contributed by atoms with van der Waals surface area (Å²) in [5, 5.41) is 0.630. The van der Waals surface area contributed by atoms with E-state index in [9.17, 15) is 8.42 Å². The van der Waals surface area contributed by atoms with Gasteiger partial charge in [0.25, 0.3) is 0 Å². The van der Waals surface area contributed by atoms with Crippen molar-refractivity contribution in [3.05, 3.63) is 53.1 Å².